The lowest BCUT2D eigenvalue weighted by Crippen LogP contribution is -2.59. The van der Waals surface area contributed by atoms with Gasteiger partial charge in [0.2, 0.25) is 0 Å². The Labute approximate surface area is 81.9 Å². The molecule has 13 heavy (non-hydrogen) atoms. The van der Waals surface area contributed by atoms with Crippen molar-refractivity contribution >= 4 is 0 Å². The van der Waals surface area contributed by atoms with Crippen molar-refractivity contribution in [2.24, 2.45) is 5.92 Å². The number of piperazine rings is 1. The van der Waals surface area contributed by atoms with Crippen molar-refractivity contribution in [2.75, 3.05) is 33.7 Å². The lowest BCUT2D eigenvalue weighted by molar-refractivity contribution is 0.189. The van der Waals surface area contributed by atoms with Gasteiger partial charge in [0, 0.05) is 31.7 Å². The van der Waals surface area contributed by atoms with Crippen LogP contribution in [0.1, 0.15) is 13.8 Å². The van der Waals surface area contributed by atoms with Gasteiger partial charge in [0.25, 0.3) is 0 Å². The Morgan fingerprint density at radius 2 is 2.15 bits per heavy atom. The summed E-state index contributed by atoms with van der Waals surface area (Å²) in [6.07, 6.45) is 0. The van der Waals surface area contributed by atoms with E-state index < -0.39 is 0 Å². The number of nitrogens with one attached hydrogen (secondary N) is 2. The molecule has 0 spiro atoms. The molecule has 1 aliphatic rings. The molecule has 0 amide bonds. The summed E-state index contributed by atoms with van der Waals surface area (Å²) in [5.74, 6) is 0.689. The van der Waals surface area contributed by atoms with Gasteiger partial charge in [-0.25, -0.2) is 0 Å². The minimum atomic E-state index is 0.586. The molecule has 1 aliphatic heterocycles. The van der Waals surface area contributed by atoms with Crippen LogP contribution in [0, 0.1) is 5.92 Å². The maximum Gasteiger partial charge on any atom is 0.0351 e. The number of nitrogens with zero attached hydrogens (tertiary/aromatic N) is 1. The highest BCUT2D eigenvalue weighted by Gasteiger charge is 2.26. The summed E-state index contributed by atoms with van der Waals surface area (Å²) < 4.78 is 0. The molecule has 1 saturated heterocycles. The van der Waals surface area contributed by atoms with Crippen LogP contribution in [-0.2, 0) is 0 Å². The first-order valence-electron chi connectivity index (χ1n) is 5.24. The van der Waals surface area contributed by atoms with Crippen molar-refractivity contribution in [3.05, 3.63) is 0 Å². The van der Waals surface area contributed by atoms with E-state index in [1.807, 2.05) is 0 Å². The van der Waals surface area contributed by atoms with E-state index in [9.17, 15) is 0 Å². The fourth-order valence-corrected chi connectivity index (χ4v) is 2.17. The summed E-state index contributed by atoms with van der Waals surface area (Å²) in [6, 6.07) is 1.19. The summed E-state index contributed by atoms with van der Waals surface area (Å²) >= 11 is 0. The first-order chi connectivity index (χ1) is 6.15. The van der Waals surface area contributed by atoms with Crippen LogP contribution in [0.15, 0.2) is 0 Å². The molecule has 0 aliphatic carbocycles. The number of hydrogen-bond donors (Lipinski definition) is 2. The Kier molecular flexibility index (Phi) is 4.16. The van der Waals surface area contributed by atoms with Crippen molar-refractivity contribution in [3.63, 3.8) is 0 Å². The Balaban J connectivity index is 2.47. The number of rotatable bonds is 3. The fourth-order valence-electron chi connectivity index (χ4n) is 2.17. The molecule has 1 rings (SSSR count). The summed E-state index contributed by atoms with van der Waals surface area (Å²) in [5, 5.41) is 6.98. The van der Waals surface area contributed by atoms with Gasteiger partial charge in [-0.3, -0.25) is 0 Å². The van der Waals surface area contributed by atoms with E-state index in [0.717, 1.165) is 13.1 Å². The van der Waals surface area contributed by atoms with E-state index in [1.54, 1.807) is 0 Å². The second-order valence-electron chi connectivity index (χ2n) is 4.38. The van der Waals surface area contributed by atoms with E-state index in [2.05, 4.69) is 43.5 Å². The monoisotopic (exact) mass is 185 g/mol. The van der Waals surface area contributed by atoms with E-state index in [4.69, 9.17) is 0 Å². The molecule has 78 valence electrons. The molecule has 0 aromatic rings. The van der Waals surface area contributed by atoms with E-state index in [-0.39, 0.29) is 0 Å². The zero-order chi connectivity index (χ0) is 9.84. The van der Waals surface area contributed by atoms with Gasteiger partial charge in [0.05, 0.1) is 0 Å². The van der Waals surface area contributed by atoms with Crippen molar-refractivity contribution < 1.29 is 0 Å². The number of hydrogen-bond acceptors (Lipinski definition) is 3. The van der Waals surface area contributed by atoms with E-state index in [1.165, 1.54) is 6.54 Å². The second kappa shape index (κ2) is 4.94. The van der Waals surface area contributed by atoms with Crippen molar-refractivity contribution in [1.29, 1.82) is 0 Å². The smallest absolute Gasteiger partial charge is 0.0351 e. The molecule has 0 aromatic carbocycles. The summed E-state index contributed by atoms with van der Waals surface area (Å²) in [5.41, 5.74) is 0. The molecule has 1 heterocycles. The topological polar surface area (TPSA) is 27.3 Å². The molecule has 3 nitrogen and oxygen atoms in total. The van der Waals surface area contributed by atoms with Gasteiger partial charge in [-0.05, 0) is 20.0 Å². The fraction of sp³-hybridized carbons (Fsp3) is 1.00. The summed E-state index contributed by atoms with van der Waals surface area (Å²) in [7, 11) is 4.25. The van der Waals surface area contributed by atoms with Crippen LogP contribution >= 0.6 is 0 Å². The van der Waals surface area contributed by atoms with Crippen LogP contribution in [0.2, 0.25) is 0 Å². The third kappa shape index (κ3) is 2.93. The van der Waals surface area contributed by atoms with Crippen LogP contribution in [0.25, 0.3) is 0 Å². The highest BCUT2D eigenvalue weighted by Crippen LogP contribution is 2.09. The van der Waals surface area contributed by atoms with Crippen molar-refractivity contribution in [1.82, 2.24) is 15.5 Å². The summed E-state index contributed by atoms with van der Waals surface area (Å²) in [6.45, 7) is 8.00. The van der Waals surface area contributed by atoms with Crippen molar-refractivity contribution in [3.8, 4) is 0 Å². The van der Waals surface area contributed by atoms with E-state index >= 15 is 0 Å². The molecule has 2 atom stereocenters. The van der Waals surface area contributed by atoms with Crippen LogP contribution in [-0.4, -0.2) is 50.7 Å². The third-order valence-corrected chi connectivity index (χ3v) is 2.89. The molecule has 0 aromatic heterocycles. The lowest BCUT2D eigenvalue weighted by atomic mass is 9.95. The molecule has 0 radical (unpaired) electrons. The third-order valence-electron chi connectivity index (χ3n) is 2.89. The normalized spacial score (nSPS) is 27.9. The number of likely N-dealkylation sites (N-methyl/N-ethyl adjacent to an activating group) is 2. The molecule has 0 saturated carbocycles. The molecule has 1 fully saturated rings. The van der Waals surface area contributed by atoms with Gasteiger partial charge in [0.15, 0.2) is 0 Å². The predicted octanol–water partition coefficient (Wildman–Crippen LogP) is 0.134. The standard InChI is InChI=1S/C10H23N3/c1-8(2)10(11-3)9-7-13(4)6-5-12-9/h8-12H,5-7H2,1-4H3. The average molecular weight is 185 g/mol. The van der Waals surface area contributed by atoms with Gasteiger partial charge in [-0.1, -0.05) is 13.8 Å². The van der Waals surface area contributed by atoms with Gasteiger partial charge in [0.1, 0.15) is 0 Å². The van der Waals surface area contributed by atoms with Gasteiger partial charge < -0.3 is 15.5 Å². The van der Waals surface area contributed by atoms with Crippen LogP contribution in [0.5, 0.6) is 0 Å². The average Bonchev–Trinajstić information content (AvgIpc) is 2.04. The summed E-state index contributed by atoms with van der Waals surface area (Å²) in [4.78, 5) is 2.40. The quantitative estimate of drug-likeness (QED) is 0.655. The van der Waals surface area contributed by atoms with Gasteiger partial charge in [-0.15, -0.1) is 0 Å². The largest absolute Gasteiger partial charge is 0.315 e. The van der Waals surface area contributed by atoms with Gasteiger partial charge in [-0.2, -0.15) is 0 Å². The van der Waals surface area contributed by atoms with Crippen LogP contribution in [0.3, 0.4) is 0 Å². The Morgan fingerprint density at radius 3 is 2.62 bits per heavy atom. The zero-order valence-corrected chi connectivity index (χ0v) is 9.30. The maximum absolute atomic E-state index is 3.58. The first kappa shape index (κ1) is 11.0. The van der Waals surface area contributed by atoms with Gasteiger partial charge >= 0.3 is 0 Å². The van der Waals surface area contributed by atoms with Crippen LogP contribution in [0.4, 0.5) is 0 Å². The Bertz CT molecular complexity index is 147. The highest BCUT2D eigenvalue weighted by molar-refractivity contribution is 4.88. The predicted molar refractivity (Wildman–Crippen MR) is 57.0 cm³/mol. The maximum atomic E-state index is 3.58. The van der Waals surface area contributed by atoms with Crippen LogP contribution < -0.4 is 10.6 Å². The zero-order valence-electron chi connectivity index (χ0n) is 9.30. The van der Waals surface area contributed by atoms with Crippen molar-refractivity contribution in [2.45, 2.75) is 25.9 Å². The minimum absolute atomic E-state index is 0.586. The molecular weight excluding hydrogens is 162 g/mol. The Hall–Kier alpha value is -0.120. The SMILES string of the molecule is CNC(C(C)C)C1CN(C)CCN1. The molecule has 0 bridgehead atoms. The minimum Gasteiger partial charge on any atom is -0.315 e. The molecule has 3 heteroatoms. The molecular formula is C10H23N3. The first-order valence-corrected chi connectivity index (χ1v) is 5.24. The Morgan fingerprint density at radius 1 is 1.46 bits per heavy atom. The lowest BCUT2D eigenvalue weighted by Gasteiger charge is -2.37. The second-order valence-corrected chi connectivity index (χ2v) is 4.38. The highest BCUT2D eigenvalue weighted by atomic mass is 15.2. The molecule has 2 unspecified atom stereocenters. The molecule has 2 N–H and O–H groups in total. The van der Waals surface area contributed by atoms with E-state index in [0.29, 0.717) is 18.0 Å².